The van der Waals surface area contributed by atoms with Crippen molar-refractivity contribution in [3.8, 4) is 0 Å². The van der Waals surface area contributed by atoms with Crippen molar-refractivity contribution < 1.29 is 36.9 Å². The first-order valence-electron chi connectivity index (χ1n) is 7.13. The predicted octanol–water partition coefficient (Wildman–Crippen LogP) is 4.20. The highest BCUT2D eigenvalue weighted by Gasteiger charge is 2.39. The molecule has 0 aromatic carbocycles. The molecule has 1 atom stereocenters. The number of phosphoric ester groups is 1. The number of hydrogen-bond donors (Lipinski definition) is 1. The lowest BCUT2D eigenvalue weighted by Crippen LogP contribution is -2.04. The minimum atomic E-state index is -4.68. The SMILES string of the molecule is CCCCOP(=O)(OCCCC)OP(=O)(O)OOCCC. The zero-order valence-corrected chi connectivity index (χ0v) is 14.6. The van der Waals surface area contributed by atoms with Crippen molar-refractivity contribution in [1.29, 1.82) is 0 Å². The van der Waals surface area contributed by atoms with Gasteiger partial charge in [-0.3, -0.25) is 9.05 Å². The molecular formula is C11H26O8P2. The van der Waals surface area contributed by atoms with Gasteiger partial charge in [-0.25, -0.2) is 14.0 Å². The van der Waals surface area contributed by atoms with Crippen molar-refractivity contribution in [3.63, 3.8) is 0 Å². The summed E-state index contributed by atoms with van der Waals surface area (Å²) in [5.74, 6) is 0. The van der Waals surface area contributed by atoms with E-state index in [0.29, 0.717) is 19.3 Å². The van der Waals surface area contributed by atoms with Gasteiger partial charge in [0.15, 0.2) is 0 Å². The summed E-state index contributed by atoms with van der Waals surface area (Å²) >= 11 is 0. The van der Waals surface area contributed by atoms with E-state index in [1.165, 1.54) is 0 Å². The first-order chi connectivity index (χ1) is 9.89. The molecule has 0 bridgehead atoms. The molecule has 0 radical (unpaired) electrons. The van der Waals surface area contributed by atoms with E-state index < -0.39 is 15.6 Å². The van der Waals surface area contributed by atoms with Crippen molar-refractivity contribution in [1.82, 2.24) is 0 Å². The Labute approximate surface area is 126 Å². The van der Waals surface area contributed by atoms with Gasteiger partial charge < -0.3 is 4.89 Å². The standard InChI is InChI=1S/C11H26O8P2/c1-4-7-10-16-21(14,17-11-8-5-2)19-20(12,13)18-15-9-6-3/h4-11H2,1-3H3,(H,12,13). The Morgan fingerprint density at radius 2 is 1.38 bits per heavy atom. The van der Waals surface area contributed by atoms with E-state index in [9.17, 15) is 14.0 Å². The van der Waals surface area contributed by atoms with Crippen molar-refractivity contribution in [2.24, 2.45) is 0 Å². The van der Waals surface area contributed by atoms with Gasteiger partial charge in [0.2, 0.25) is 0 Å². The Morgan fingerprint density at radius 1 is 0.857 bits per heavy atom. The smallest absolute Gasteiger partial charge is 0.301 e. The molecule has 1 N–H and O–H groups in total. The number of rotatable bonds is 14. The van der Waals surface area contributed by atoms with Gasteiger partial charge in [-0.05, 0) is 19.3 Å². The minimum Gasteiger partial charge on any atom is -0.301 e. The molecule has 0 saturated heterocycles. The van der Waals surface area contributed by atoms with Gasteiger partial charge in [-0.1, -0.05) is 33.6 Å². The van der Waals surface area contributed by atoms with Gasteiger partial charge in [0.25, 0.3) is 0 Å². The van der Waals surface area contributed by atoms with Crippen molar-refractivity contribution in [2.45, 2.75) is 52.9 Å². The fourth-order valence-electron chi connectivity index (χ4n) is 1.05. The van der Waals surface area contributed by atoms with E-state index in [1.54, 1.807) is 6.92 Å². The summed E-state index contributed by atoms with van der Waals surface area (Å²) in [5.41, 5.74) is 0. The number of phosphoric acid groups is 2. The van der Waals surface area contributed by atoms with E-state index in [1.807, 2.05) is 13.8 Å². The Balaban J connectivity index is 4.54. The Hall–Kier alpha value is 0.220. The fourth-order valence-corrected chi connectivity index (χ4v) is 3.54. The van der Waals surface area contributed by atoms with E-state index in [-0.39, 0.29) is 19.8 Å². The molecule has 0 spiro atoms. The van der Waals surface area contributed by atoms with Crippen molar-refractivity contribution in [3.05, 3.63) is 0 Å². The summed E-state index contributed by atoms with van der Waals surface area (Å²) in [4.78, 5) is 13.9. The van der Waals surface area contributed by atoms with Crippen LogP contribution in [0.5, 0.6) is 0 Å². The molecule has 0 fully saturated rings. The van der Waals surface area contributed by atoms with Gasteiger partial charge in [0.1, 0.15) is 0 Å². The summed E-state index contributed by atoms with van der Waals surface area (Å²) < 4.78 is 42.7. The second-order valence-corrected chi connectivity index (χ2v) is 7.42. The monoisotopic (exact) mass is 348 g/mol. The quantitative estimate of drug-likeness (QED) is 0.216. The molecule has 128 valence electrons. The zero-order chi connectivity index (χ0) is 16.2. The summed E-state index contributed by atoms with van der Waals surface area (Å²) in [7, 11) is -8.84. The van der Waals surface area contributed by atoms with Gasteiger partial charge in [-0.2, -0.15) is 4.31 Å². The highest BCUT2D eigenvalue weighted by Crippen LogP contribution is 2.63. The number of unbranched alkanes of at least 4 members (excludes halogenated alkanes) is 2. The summed E-state index contributed by atoms with van der Waals surface area (Å²) in [5, 5.41) is 0. The third-order valence-corrected chi connectivity index (χ3v) is 5.05. The van der Waals surface area contributed by atoms with Crippen LogP contribution in [0.2, 0.25) is 0 Å². The molecule has 0 aromatic heterocycles. The highest BCUT2D eigenvalue weighted by atomic mass is 31.3. The first-order valence-corrected chi connectivity index (χ1v) is 10.1. The molecular weight excluding hydrogens is 322 g/mol. The predicted molar refractivity (Wildman–Crippen MR) is 77.6 cm³/mol. The van der Waals surface area contributed by atoms with Crippen LogP contribution in [0.25, 0.3) is 0 Å². The molecule has 0 rings (SSSR count). The lowest BCUT2D eigenvalue weighted by molar-refractivity contribution is -0.221. The van der Waals surface area contributed by atoms with Gasteiger partial charge in [-0.15, -0.1) is 4.67 Å². The van der Waals surface area contributed by atoms with Gasteiger partial charge in [0.05, 0.1) is 19.8 Å². The maximum Gasteiger partial charge on any atom is 0.508 e. The molecule has 0 heterocycles. The summed E-state index contributed by atoms with van der Waals surface area (Å²) in [6, 6.07) is 0. The largest absolute Gasteiger partial charge is 0.508 e. The summed E-state index contributed by atoms with van der Waals surface area (Å²) in [6.45, 7) is 5.92. The van der Waals surface area contributed by atoms with Crippen LogP contribution in [0.4, 0.5) is 0 Å². The zero-order valence-electron chi connectivity index (χ0n) is 12.9. The van der Waals surface area contributed by atoms with E-state index in [4.69, 9.17) is 9.05 Å². The molecule has 1 unspecified atom stereocenters. The topological polar surface area (TPSA) is 101 Å². The van der Waals surface area contributed by atoms with E-state index in [2.05, 4.69) is 13.9 Å². The van der Waals surface area contributed by atoms with Crippen LogP contribution in [0.1, 0.15) is 52.9 Å². The minimum absolute atomic E-state index is 0.0930. The van der Waals surface area contributed by atoms with Crippen LogP contribution in [0.15, 0.2) is 0 Å². The molecule has 0 aliphatic rings. The molecule has 0 aliphatic carbocycles. The normalized spacial score (nSPS) is 15.0. The van der Waals surface area contributed by atoms with Crippen LogP contribution in [-0.4, -0.2) is 24.7 Å². The van der Waals surface area contributed by atoms with Crippen LogP contribution in [-0.2, 0) is 32.1 Å². The van der Waals surface area contributed by atoms with Crippen LogP contribution >= 0.6 is 15.6 Å². The molecule has 0 aliphatic heterocycles. The number of hydrogen-bond acceptors (Lipinski definition) is 7. The maximum absolute atomic E-state index is 12.3. The third kappa shape index (κ3) is 11.4. The van der Waals surface area contributed by atoms with E-state index in [0.717, 1.165) is 12.8 Å². The first kappa shape index (κ1) is 21.2. The Bertz CT molecular complexity index is 335. The molecule has 0 amide bonds. The molecule has 10 heteroatoms. The van der Waals surface area contributed by atoms with Crippen molar-refractivity contribution in [2.75, 3.05) is 19.8 Å². The Kier molecular flexibility index (Phi) is 11.9. The Morgan fingerprint density at radius 3 is 1.81 bits per heavy atom. The molecule has 8 nitrogen and oxygen atoms in total. The third-order valence-electron chi connectivity index (χ3n) is 2.13. The lowest BCUT2D eigenvalue weighted by atomic mass is 10.4. The van der Waals surface area contributed by atoms with Crippen LogP contribution in [0, 0.1) is 0 Å². The summed E-state index contributed by atoms with van der Waals surface area (Å²) in [6.07, 6.45) is 3.43. The van der Waals surface area contributed by atoms with Crippen LogP contribution in [0.3, 0.4) is 0 Å². The second kappa shape index (κ2) is 11.7. The van der Waals surface area contributed by atoms with Gasteiger partial charge >= 0.3 is 15.6 Å². The van der Waals surface area contributed by atoms with E-state index >= 15 is 0 Å². The fraction of sp³-hybridized carbons (Fsp3) is 1.00. The van der Waals surface area contributed by atoms with Crippen molar-refractivity contribution >= 4 is 15.6 Å². The van der Waals surface area contributed by atoms with Gasteiger partial charge in [0, 0.05) is 0 Å². The average Bonchev–Trinajstić information content (AvgIpc) is 2.39. The average molecular weight is 348 g/mol. The second-order valence-electron chi connectivity index (χ2n) is 4.27. The molecule has 21 heavy (non-hydrogen) atoms. The highest BCUT2D eigenvalue weighted by molar-refractivity contribution is 7.61. The van der Waals surface area contributed by atoms with Crippen LogP contribution < -0.4 is 0 Å². The molecule has 0 saturated carbocycles. The maximum atomic E-state index is 12.3. The lowest BCUT2D eigenvalue weighted by Gasteiger charge is -2.19. The molecule has 0 aromatic rings.